The molecule has 1 saturated carbocycles. The first-order valence-electron chi connectivity index (χ1n) is 10.7. The van der Waals surface area contributed by atoms with Gasteiger partial charge >= 0.3 is 0 Å². The van der Waals surface area contributed by atoms with Crippen LogP contribution in [0.15, 0.2) is 24.3 Å². The lowest BCUT2D eigenvalue weighted by Gasteiger charge is -2.39. The summed E-state index contributed by atoms with van der Waals surface area (Å²) in [6.45, 7) is 6.29. The molecule has 3 aliphatic rings. The zero-order valence-electron chi connectivity index (χ0n) is 16.6. The number of rotatable bonds is 4. The third-order valence-electron chi connectivity index (χ3n) is 6.72. The van der Waals surface area contributed by atoms with Crippen molar-refractivity contribution in [3.8, 4) is 5.75 Å². The van der Waals surface area contributed by atoms with E-state index in [1.54, 1.807) is 7.11 Å². The maximum Gasteiger partial charge on any atom is 0.225 e. The van der Waals surface area contributed by atoms with E-state index < -0.39 is 0 Å². The lowest BCUT2D eigenvalue weighted by Crippen LogP contribution is -2.47. The predicted molar refractivity (Wildman–Crippen MR) is 108 cm³/mol. The van der Waals surface area contributed by atoms with Crippen molar-refractivity contribution in [2.45, 2.75) is 44.6 Å². The van der Waals surface area contributed by atoms with Crippen molar-refractivity contribution in [1.29, 1.82) is 0 Å². The molecule has 0 spiro atoms. The molecular weight excluding hydrogens is 338 g/mol. The number of amides is 1. The maximum absolute atomic E-state index is 12.6. The zero-order valence-corrected chi connectivity index (χ0v) is 16.6. The number of hydrogen-bond acceptors (Lipinski definition) is 4. The Morgan fingerprint density at radius 2 is 1.63 bits per heavy atom. The van der Waals surface area contributed by atoms with Gasteiger partial charge in [0.05, 0.1) is 7.11 Å². The van der Waals surface area contributed by atoms with Crippen LogP contribution in [-0.4, -0.2) is 68.1 Å². The first-order chi connectivity index (χ1) is 13.2. The van der Waals surface area contributed by atoms with Crippen molar-refractivity contribution >= 4 is 11.6 Å². The molecule has 1 aromatic carbocycles. The minimum absolute atomic E-state index is 0.337. The summed E-state index contributed by atoms with van der Waals surface area (Å²) < 4.78 is 5.26. The van der Waals surface area contributed by atoms with Crippen LogP contribution in [0.25, 0.3) is 0 Å². The molecule has 3 fully saturated rings. The van der Waals surface area contributed by atoms with Crippen molar-refractivity contribution < 1.29 is 9.53 Å². The first-order valence-corrected chi connectivity index (χ1v) is 10.7. The summed E-state index contributed by atoms with van der Waals surface area (Å²) in [6, 6.07) is 9.08. The first kappa shape index (κ1) is 18.6. The summed E-state index contributed by atoms with van der Waals surface area (Å²) in [7, 11) is 1.71. The normalized spacial score (nSPS) is 23.0. The zero-order chi connectivity index (χ0) is 18.6. The molecule has 0 radical (unpaired) electrons. The van der Waals surface area contributed by atoms with Gasteiger partial charge in [0.2, 0.25) is 5.91 Å². The van der Waals surface area contributed by atoms with Gasteiger partial charge in [-0.25, -0.2) is 0 Å². The van der Waals surface area contributed by atoms with Crippen molar-refractivity contribution in [3.63, 3.8) is 0 Å². The monoisotopic (exact) mass is 371 g/mol. The summed E-state index contributed by atoms with van der Waals surface area (Å²) in [5, 5.41) is 0. The SMILES string of the molecule is COc1ccc(N2CCC(N3CCCN(C(=O)C4CCC4)CC3)CC2)cc1. The molecule has 1 aromatic rings. The Morgan fingerprint density at radius 1 is 0.889 bits per heavy atom. The molecule has 5 heteroatoms. The largest absolute Gasteiger partial charge is 0.497 e. The van der Waals surface area contributed by atoms with Crippen LogP contribution >= 0.6 is 0 Å². The number of anilines is 1. The quantitative estimate of drug-likeness (QED) is 0.815. The van der Waals surface area contributed by atoms with E-state index in [1.807, 2.05) is 12.1 Å². The molecule has 148 valence electrons. The van der Waals surface area contributed by atoms with Crippen molar-refractivity contribution in [1.82, 2.24) is 9.80 Å². The minimum Gasteiger partial charge on any atom is -0.497 e. The van der Waals surface area contributed by atoms with Crippen LogP contribution in [-0.2, 0) is 4.79 Å². The number of piperidine rings is 1. The van der Waals surface area contributed by atoms with E-state index in [4.69, 9.17) is 4.74 Å². The second-order valence-electron chi connectivity index (χ2n) is 8.26. The Hall–Kier alpha value is -1.75. The highest BCUT2D eigenvalue weighted by molar-refractivity contribution is 5.79. The molecule has 0 N–H and O–H groups in total. The molecule has 1 amide bonds. The number of ether oxygens (including phenoxy) is 1. The Bertz CT molecular complexity index is 621. The fourth-order valence-corrected chi connectivity index (χ4v) is 4.72. The fraction of sp³-hybridized carbons (Fsp3) is 0.682. The number of benzene rings is 1. The second kappa shape index (κ2) is 8.51. The van der Waals surface area contributed by atoms with Crippen LogP contribution < -0.4 is 9.64 Å². The molecule has 2 saturated heterocycles. The number of carbonyl (C=O) groups is 1. The number of methoxy groups -OCH3 is 1. The smallest absolute Gasteiger partial charge is 0.225 e. The van der Waals surface area contributed by atoms with Gasteiger partial charge in [-0.2, -0.15) is 0 Å². The average Bonchev–Trinajstić information content (AvgIpc) is 2.93. The Kier molecular flexibility index (Phi) is 5.86. The van der Waals surface area contributed by atoms with Crippen molar-refractivity contribution in [2.24, 2.45) is 5.92 Å². The number of nitrogens with zero attached hydrogens (tertiary/aromatic N) is 3. The standard InChI is InChI=1S/C22H33N3O2/c1-27-21-8-6-19(7-9-21)24-14-10-20(11-15-24)23-12-3-13-25(17-16-23)22(26)18-4-2-5-18/h6-9,18,20H,2-5,10-17H2,1H3. The highest BCUT2D eigenvalue weighted by atomic mass is 16.5. The molecule has 0 unspecified atom stereocenters. The molecule has 0 atom stereocenters. The van der Waals surface area contributed by atoms with Crippen LogP contribution in [0, 0.1) is 5.92 Å². The third-order valence-corrected chi connectivity index (χ3v) is 6.72. The summed E-state index contributed by atoms with van der Waals surface area (Å²) in [5.74, 6) is 1.68. The van der Waals surface area contributed by atoms with E-state index in [1.165, 1.54) is 24.9 Å². The Labute approximate surface area is 163 Å². The highest BCUT2D eigenvalue weighted by Gasteiger charge is 2.32. The second-order valence-corrected chi connectivity index (χ2v) is 8.26. The molecule has 27 heavy (non-hydrogen) atoms. The Balaban J connectivity index is 1.27. The van der Waals surface area contributed by atoms with Gasteiger partial charge in [0.1, 0.15) is 5.75 Å². The van der Waals surface area contributed by atoms with Crippen LogP contribution in [0.1, 0.15) is 38.5 Å². The lowest BCUT2D eigenvalue weighted by atomic mass is 9.84. The molecular formula is C22H33N3O2. The summed E-state index contributed by atoms with van der Waals surface area (Å²) in [4.78, 5) is 19.8. The van der Waals surface area contributed by atoms with Gasteiger partial charge in [0.25, 0.3) is 0 Å². The minimum atomic E-state index is 0.337. The number of carbonyl (C=O) groups excluding carboxylic acids is 1. The van der Waals surface area contributed by atoms with Gasteiger partial charge in [-0.1, -0.05) is 6.42 Å². The molecule has 1 aliphatic carbocycles. The molecule has 0 bridgehead atoms. The third kappa shape index (κ3) is 4.23. The van der Waals surface area contributed by atoms with E-state index in [0.717, 1.165) is 64.3 Å². The topological polar surface area (TPSA) is 36.0 Å². The van der Waals surface area contributed by atoms with Crippen LogP contribution in [0.4, 0.5) is 5.69 Å². The molecule has 2 aliphatic heterocycles. The van der Waals surface area contributed by atoms with E-state index >= 15 is 0 Å². The molecule has 0 aromatic heterocycles. The predicted octanol–water partition coefficient (Wildman–Crippen LogP) is 3.00. The van der Waals surface area contributed by atoms with Crippen molar-refractivity contribution in [3.05, 3.63) is 24.3 Å². The van der Waals surface area contributed by atoms with Crippen molar-refractivity contribution in [2.75, 3.05) is 51.3 Å². The number of hydrogen-bond donors (Lipinski definition) is 0. The fourth-order valence-electron chi connectivity index (χ4n) is 4.72. The molecule has 2 heterocycles. The van der Waals surface area contributed by atoms with Gasteiger partial charge in [-0.15, -0.1) is 0 Å². The van der Waals surface area contributed by atoms with Gasteiger partial charge in [-0.3, -0.25) is 9.69 Å². The van der Waals surface area contributed by atoms with Gasteiger partial charge in [0, 0.05) is 56.9 Å². The summed E-state index contributed by atoms with van der Waals surface area (Å²) in [6.07, 6.45) is 7.01. The van der Waals surface area contributed by atoms with E-state index in [-0.39, 0.29) is 0 Å². The van der Waals surface area contributed by atoms with Gasteiger partial charge < -0.3 is 14.5 Å². The Morgan fingerprint density at radius 3 is 2.26 bits per heavy atom. The highest BCUT2D eigenvalue weighted by Crippen LogP contribution is 2.29. The van der Waals surface area contributed by atoms with Crippen LogP contribution in [0.3, 0.4) is 0 Å². The van der Waals surface area contributed by atoms with Gasteiger partial charge in [-0.05, 0) is 56.4 Å². The van der Waals surface area contributed by atoms with E-state index in [2.05, 4.69) is 26.8 Å². The van der Waals surface area contributed by atoms with Crippen LogP contribution in [0.2, 0.25) is 0 Å². The van der Waals surface area contributed by atoms with E-state index in [9.17, 15) is 4.79 Å². The van der Waals surface area contributed by atoms with Crippen LogP contribution in [0.5, 0.6) is 5.75 Å². The average molecular weight is 372 g/mol. The summed E-state index contributed by atoms with van der Waals surface area (Å²) in [5.41, 5.74) is 1.29. The molecule has 5 nitrogen and oxygen atoms in total. The van der Waals surface area contributed by atoms with E-state index in [0.29, 0.717) is 17.9 Å². The van der Waals surface area contributed by atoms with Gasteiger partial charge in [0.15, 0.2) is 0 Å². The summed E-state index contributed by atoms with van der Waals surface area (Å²) >= 11 is 0. The lowest BCUT2D eigenvalue weighted by molar-refractivity contribution is -0.138. The molecule has 4 rings (SSSR count). The maximum atomic E-state index is 12.6.